The van der Waals surface area contributed by atoms with Gasteiger partial charge in [-0.25, -0.2) is 4.98 Å². The Balaban J connectivity index is 1.58. The number of aromatic amines is 2. The molecule has 3 rings (SSSR count). The van der Waals surface area contributed by atoms with Crippen LogP contribution in [0.3, 0.4) is 0 Å². The third-order valence-electron chi connectivity index (χ3n) is 3.36. The fourth-order valence-electron chi connectivity index (χ4n) is 2.36. The van der Waals surface area contributed by atoms with Gasteiger partial charge >= 0.3 is 0 Å². The Labute approximate surface area is 130 Å². The summed E-state index contributed by atoms with van der Waals surface area (Å²) in [6.07, 6.45) is 6.35. The number of imidazole rings is 1. The maximum absolute atomic E-state index is 11.8. The fraction of sp³-hybridized carbons (Fsp3) is 0.200. The molecule has 2 heterocycles. The van der Waals surface area contributed by atoms with E-state index in [1.165, 1.54) is 10.9 Å². The number of carbonyl (C=O) groups excluding carboxylic acids is 1. The van der Waals surface area contributed by atoms with Crippen LogP contribution in [0.2, 0.25) is 0 Å². The minimum atomic E-state index is -0.00171. The van der Waals surface area contributed by atoms with Gasteiger partial charge in [-0.05, 0) is 24.1 Å². The SMILES string of the molecule is O=C(Cc1cnc[nH]1)NCCc1c[nH]c2cccc(Br)c12. The Morgan fingerprint density at radius 1 is 1.33 bits per heavy atom. The van der Waals surface area contributed by atoms with Crippen molar-refractivity contribution in [2.24, 2.45) is 0 Å². The van der Waals surface area contributed by atoms with E-state index < -0.39 is 0 Å². The van der Waals surface area contributed by atoms with Crippen LogP contribution < -0.4 is 5.32 Å². The molecule has 5 nitrogen and oxygen atoms in total. The van der Waals surface area contributed by atoms with E-state index in [-0.39, 0.29) is 5.91 Å². The van der Waals surface area contributed by atoms with E-state index in [9.17, 15) is 4.79 Å². The number of benzene rings is 1. The van der Waals surface area contributed by atoms with Crippen molar-refractivity contribution in [1.82, 2.24) is 20.3 Å². The molecule has 2 aromatic heterocycles. The van der Waals surface area contributed by atoms with E-state index in [1.54, 1.807) is 12.5 Å². The van der Waals surface area contributed by atoms with E-state index >= 15 is 0 Å². The molecule has 3 N–H and O–H groups in total. The number of hydrogen-bond donors (Lipinski definition) is 3. The topological polar surface area (TPSA) is 73.6 Å². The molecule has 0 bridgehead atoms. The number of nitrogens with one attached hydrogen (secondary N) is 3. The monoisotopic (exact) mass is 346 g/mol. The lowest BCUT2D eigenvalue weighted by Crippen LogP contribution is -2.27. The van der Waals surface area contributed by atoms with E-state index in [0.29, 0.717) is 13.0 Å². The van der Waals surface area contributed by atoms with Gasteiger partial charge in [0, 0.05) is 40.0 Å². The lowest BCUT2D eigenvalue weighted by Gasteiger charge is -2.04. The predicted molar refractivity (Wildman–Crippen MR) is 85.0 cm³/mol. The Bertz CT molecular complexity index is 748. The molecule has 1 amide bonds. The summed E-state index contributed by atoms with van der Waals surface area (Å²) in [5, 5.41) is 4.11. The van der Waals surface area contributed by atoms with Crippen LogP contribution in [0.1, 0.15) is 11.3 Å². The molecular formula is C15H15BrN4O. The molecule has 0 radical (unpaired) electrons. The number of H-pyrrole nitrogens is 2. The summed E-state index contributed by atoms with van der Waals surface area (Å²) in [5.74, 6) is -0.00171. The molecule has 0 saturated heterocycles. The highest BCUT2D eigenvalue weighted by atomic mass is 79.9. The normalized spacial score (nSPS) is 10.9. The van der Waals surface area contributed by atoms with Gasteiger partial charge in [0.05, 0.1) is 12.7 Å². The summed E-state index contributed by atoms with van der Waals surface area (Å²) >= 11 is 3.57. The van der Waals surface area contributed by atoms with Gasteiger partial charge in [0.25, 0.3) is 0 Å². The first kappa shape index (κ1) is 13.9. The standard InChI is InChI=1S/C15H15BrN4O/c16-12-2-1-3-13-15(12)10(7-19-13)4-5-18-14(21)6-11-8-17-9-20-11/h1-3,7-9,19H,4-6H2,(H,17,20)(H,18,21). The number of halogens is 1. The van der Waals surface area contributed by atoms with Crippen LogP contribution >= 0.6 is 15.9 Å². The van der Waals surface area contributed by atoms with Crippen molar-refractivity contribution in [3.63, 3.8) is 0 Å². The first-order valence-corrected chi connectivity index (χ1v) is 7.52. The van der Waals surface area contributed by atoms with E-state index in [4.69, 9.17) is 0 Å². The van der Waals surface area contributed by atoms with E-state index in [0.717, 1.165) is 22.1 Å². The average Bonchev–Trinajstić information content (AvgIpc) is 3.09. The lowest BCUT2D eigenvalue weighted by atomic mass is 10.1. The third-order valence-corrected chi connectivity index (χ3v) is 4.02. The number of hydrogen-bond acceptors (Lipinski definition) is 2. The van der Waals surface area contributed by atoms with Crippen molar-refractivity contribution in [1.29, 1.82) is 0 Å². The largest absolute Gasteiger partial charge is 0.361 e. The van der Waals surface area contributed by atoms with Crippen molar-refractivity contribution < 1.29 is 4.79 Å². The summed E-state index contributed by atoms with van der Waals surface area (Å²) in [6, 6.07) is 6.07. The molecule has 0 fully saturated rings. The second kappa shape index (κ2) is 6.13. The highest BCUT2D eigenvalue weighted by Gasteiger charge is 2.08. The maximum atomic E-state index is 11.8. The molecule has 3 aromatic rings. The van der Waals surface area contributed by atoms with Crippen LogP contribution in [0, 0.1) is 0 Å². The molecule has 1 aromatic carbocycles. The second-order valence-corrected chi connectivity index (χ2v) is 5.68. The van der Waals surface area contributed by atoms with Crippen molar-refractivity contribution in [2.75, 3.05) is 6.54 Å². The Hall–Kier alpha value is -2.08. The number of nitrogens with zero attached hydrogens (tertiary/aromatic N) is 1. The number of rotatable bonds is 5. The third kappa shape index (κ3) is 3.16. The molecule has 21 heavy (non-hydrogen) atoms. The Morgan fingerprint density at radius 3 is 3.05 bits per heavy atom. The number of amides is 1. The highest BCUT2D eigenvalue weighted by Crippen LogP contribution is 2.26. The minimum absolute atomic E-state index is 0.00171. The second-order valence-electron chi connectivity index (χ2n) is 4.83. The molecule has 0 spiro atoms. The van der Waals surface area contributed by atoms with Crippen LogP contribution in [0.4, 0.5) is 0 Å². The molecule has 0 aliphatic carbocycles. The molecule has 0 unspecified atom stereocenters. The van der Waals surface area contributed by atoms with Gasteiger partial charge in [-0.2, -0.15) is 0 Å². The van der Waals surface area contributed by atoms with Gasteiger partial charge in [0.1, 0.15) is 0 Å². The molecule has 0 aliphatic heterocycles. The molecule has 0 atom stereocenters. The van der Waals surface area contributed by atoms with Gasteiger partial charge in [-0.15, -0.1) is 0 Å². The van der Waals surface area contributed by atoms with E-state index in [2.05, 4.69) is 36.2 Å². The van der Waals surface area contributed by atoms with Gasteiger partial charge in [0.15, 0.2) is 0 Å². The quantitative estimate of drug-likeness (QED) is 0.664. The van der Waals surface area contributed by atoms with Crippen LogP contribution in [-0.2, 0) is 17.6 Å². The summed E-state index contributed by atoms with van der Waals surface area (Å²) < 4.78 is 1.07. The smallest absolute Gasteiger partial charge is 0.226 e. The Morgan fingerprint density at radius 2 is 2.24 bits per heavy atom. The van der Waals surface area contributed by atoms with Gasteiger partial charge in [-0.1, -0.05) is 22.0 Å². The lowest BCUT2D eigenvalue weighted by molar-refractivity contribution is -0.120. The van der Waals surface area contributed by atoms with Crippen LogP contribution in [-0.4, -0.2) is 27.4 Å². The van der Waals surface area contributed by atoms with Crippen LogP contribution in [0.15, 0.2) is 41.4 Å². The van der Waals surface area contributed by atoms with Crippen molar-refractivity contribution >= 4 is 32.7 Å². The molecular weight excluding hydrogens is 332 g/mol. The maximum Gasteiger partial charge on any atom is 0.226 e. The summed E-state index contributed by atoms with van der Waals surface area (Å²) in [6.45, 7) is 0.612. The summed E-state index contributed by atoms with van der Waals surface area (Å²) in [7, 11) is 0. The van der Waals surface area contributed by atoms with E-state index in [1.807, 2.05) is 24.4 Å². The van der Waals surface area contributed by atoms with Crippen molar-refractivity contribution in [2.45, 2.75) is 12.8 Å². The zero-order valence-electron chi connectivity index (χ0n) is 11.3. The van der Waals surface area contributed by atoms with Crippen LogP contribution in [0.5, 0.6) is 0 Å². The molecule has 108 valence electrons. The molecule has 0 aliphatic rings. The molecule has 0 saturated carbocycles. The Kier molecular flexibility index (Phi) is 4.06. The summed E-state index contributed by atoms with van der Waals surface area (Å²) in [5.41, 5.74) is 3.12. The highest BCUT2D eigenvalue weighted by molar-refractivity contribution is 9.10. The average molecular weight is 347 g/mol. The van der Waals surface area contributed by atoms with Crippen molar-refractivity contribution in [3.8, 4) is 0 Å². The van der Waals surface area contributed by atoms with Gasteiger partial charge in [-0.3, -0.25) is 4.79 Å². The molecule has 6 heteroatoms. The number of carbonyl (C=O) groups is 1. The van der Waals surface area contributed by atoms with Crippen LogP contribution in [0.25, 0.3) is 10.9 Å². The van der Waals surface area contributed by atoms with Crippen molar-refractivity contribution in [3.05, 3.63) is 52.7 Å². The minimum Gasteiger partial charge on any atom is -0.361 e. The fourth-order valence-corrected chi connectivity index (χ4v) is 2.98. The zero-order chi connectivity index (χ0) is 14.7. The van der Waals surface area contributed by atoms with Gasteiger partial charge < -0.3 is 15.3 Å². The number of fused-ring (bicyclic) bond motifs is 1. The first-order chi connectivity index (χ1) is 10.2. The predicted octanol–water partition coefficient (Wildman–Crippen LogP) is 2.55. The zero-order valence-corrected chi connectivity index (χ0v) is 12.9. The first-order valence-electron chi connectivity index (χ1n) is 6.72. The van der Waals surface area contributed by atoms with Gasteiger partial charge in [0.2, 0.25) is 5.91 Å². The number of aromatic nitrogens is 3. The summed E-state index contributed by atoms with van der Waals surface area (Å²) in [4.78, 5) is 21.9.